The monoisotopic (exact) mass is 182 g/mol. The summed E-state index contributed by atoms with van der Waals surface area (Å²) in [6.45, 7) is 3.21. The highest BCUT2D eigenvalue weighted by atomic mass is 16.3. The van der Waals surface area contributed by atoms with Crippen molar-refractivity contribution >= 4 is 0 Å². The van der Waals surface area contributed by atoms with Crippen LogP contribution in [-0.2, 0) is 0 Å². The third-order valence-electron chi connectivity index (χ3n) is 3.65. The van der Waals surface area contributed by atoms with E-state index in [1.165, 1.54) is 25.7 Å². The van der Waals surface area contributed by atoms with Gasteiger partial charge in [0.05, 0.1) is 11.3 Å². The molecule has 13 heavy (non-hydrogen) atoms. The van der Waals surface area contributed by atoms with Gasteiger partial charge in [0, 0.05) is 6.54 Å². The van der Waals surface area contributed by atoms with Gasteiger partial charge in [0.15, 0.2) is 0 Å². The summed E-state index contributed by atoms with van der Waals surface area (Å²) in [6, 6.07) is 0.474. The smallest absolute Gasteiger partial charge is 0.0531 e. The fraction of sp³-hybridized carbons (Fsp3) is 1.00. The molecular weight excluding hydrogens is 164 g/mol. The number of fused-ring (bicyclic) bond motifs is 1. The molecule has 2 fully saturated rings. The molecular formula is C10H18N2O. The van der Waals surface area contributed by atoms with Crippen LogP contribution in [0.1, 0.15) is 39.0 Å². The van der Waals surface area contributed by atoms with E-state index in [0.717, 1.165) is 24.8 Å². The minimum absolute atomic E-state index is 0.474. The summed E-state index contributed by atoms with van der Waals surface area (Å²) in [5.74, 6) is 1.60. The van der Waals surface area contributed by atoms with Gasteiger partial charge in [0.2, 0.25) is 0 Å². The Balaban J connectivity index is 2.03. The van der Waals surface area contributed by atoms with E-state index in [1.54, 1.807) is 5.01 Å². The predicted molar refractivity (Wildman–Crippen MR) is 52.0 cm³/mol. The highest BCUT2D eigenvalue weighted by molar-refractivity contribution is 4.87. The molecule has 0 amide bonds. The van der Waals surface area contributed by atoms with Gasteiger partial charge in [-0.1, -0.05) is 6.92 Å². The van der Waals surface area contributed by atoms with Crippen molar-refractivity contribution in [2.45, 2.75) is 45.1 Å². The quantitative estimate of drug-likeness (QED) is 0.584. The predicted octanol–water partition coefficient (Wildman–Crippen LogP) is 2.57. The van der Waals surface area contributed by atoms with Gasteiger partial charge in [-0.2, -0.15) is 0 Å². The molecule has 0 N–H and O–H groups in total. The lowest BCUT2D eigenvalue weighted by Crippen LogP contribution is -2.44. The van der Waals surface area contributed by atoms with Crippen molar-refractivity contribution < 1.29 is 0 Å². The molecule has 1 heterocycles. The van der Waals surface area contributed by atoms with Crippen molar-refractivity contribution in [1.82, 2.24) is 5.01 Å². The van der Waals surface area contributed by atoms with Crippen LogP contribution in [0.3, 0.4) is 0 Å². The second kappa shape index (κ2) is 3.64. The molecule has 74 valence electrons. The Morgan fingerprint density at radius 2 is 2.15 bits per heavy atom. The first-order chi connectivity index (χ1) is 6.31. The van der Waals surface area contributed by atoms with Gasteiger partial charge in [-0.05, 0) is 43.9 Å². The van der Waals surface area contributed by atoms with Crippen molar-refractivity contribution in [3.8, 4) is 0 Å². The molecule has 1 aliphatic heterocycles. The van der Waals surface area contributed by atoms with Gasteiger partial charge >= 0.3 is 0 Å². The number of nitrogens with zero attached hydrogens (tertiary/aromatic N) is 2. The molecule has 0 spiro atoms. The van der Waals surface area contributed by atoms with Crippen LogP contribution < -0.4 is 0 Å². The Bertz CT molecular complexity index is 195. The normalized spacial score (nSPS) is 39.8. The van der Waals surface area contributed by atoms with Gasteiger partial charge < -0.3 is 0 Å². The zero-order chi connectivity index (χ0) is 9.26. The van der Waals surface area contributed by atoms with Gasteiger partial charge in [-0.3, -0.25) is 5.01 Å². The van der Waals surface area contributed by atoms with E-state index in [2.05, 4.69) is 12.2 Å². The molecule has 0 unspecified atom stereocenters. The van der Waals surface area contributed by atoms with Gasteiger partial charge in [0.25, 0.3) is 0 Å². The lowest BCUT2D eigenvalue weighted by molar-refractivity contribution is 0.0459. The first-order valence-corrected chi connectivity index (χ1v) is 5.41. The second-order valence-electron chi connectivity index (χ2n) is 4.63. The Hall–Kier alpha value is -0.600. The van der Waals surface area contributed by atoms with E-state index in [1.807, 2.05) is 0 Å². The Labute approximate surface area is 79.4 Å². The fourth-order valence-corrected chi connectivity index (χ4v) is 2.97. The average Bonchev–Trinajstić information content (AvgIpc) is 2.16. The molecule has 0 radical (unpaired) electrons. The lowest BCUT2D eigenvalue weighted by Gasteiger charge is -2.42. The molecule has 1 aliphatic carbocycles. The molecule has 0 aromatic carbocycles. The molecule has 1 saturated heterocycles. The van der Waals surface area contributed by atoms with E-state index >= 15 is 0 Å². The van der Waals surface area contributed by atoms with Gasteiger partial charge in [-0.15, -0.1) is 4.91 Å². The minimum Gasteiger partial charge on any atom is -0.258 e. The van der Waals surface area contributed by atoms with Crippen LogP contribution in [0.5, 0.6) is 0 Å². The van der Waals surface area contributed by atoms with Crippen LogP contribution in [0.15, 0.2) is 5.29 Å². The Morgan fingerprint density at radius 1 is 1.31 bits per heavy atom. The molecule has 3 heteroatoms. The van der Waals surface area contributed by atoms with Crippen molar-refractivity contribution in [2.75, 3.05) is 6.54 Å². The van der Waals surface area contributed by atoms with E-state index < -0.39 is 0 Å². The summed E-state index contributed by atoms with van der Waals surface area (Å²) in [5, 5.41) is 4.93. The number of rotatable bonds is 1. The maximum Gasteiger partial charge on any atom is 0.0531 e. The SMILES string of the molecule is C[C@@H]1CC[C@@H]2[C@H](CCCN2N=O)C1. The Morgan fingerprint density at radius 3 is 2.92 bits per heavy atom. The van der Waals surface area contributed by atoms with Crippen LogP contribution in [0.4, 0.5) is 0 Å². The Kier molecular flexibility index (Phi) is 2.51. The fourth-order valence-electron chi connectivity index (χ4n) is 2.97. The summed E-state index contributed by atoms with van der Waals surface area (Å²) < 4.78 is 0. The van der Waals surface area contributed by atoms with E-state index in [0.29, 0.717) is 6.04 Å². The van der Waals surface area contributed by atoms with Gasteiger partial charge in [-0.25, -0.2) is 0 Å². The number of piperidine rings is 1. The van der Waals surface area contributed by atoms with Gasteiger partial charge in [0.1, 0.15) is 0 Å². The number of hydrogen-bond donors (Lipinski definition) is 0. The standard InChI is InChI=1S/C10H18N2O/c1-8-4-5-10-9(7-8)3-2-6-12(10)11-13/h8-10H,2-7H2,1H3/t8-,9-,10-/m1/s1. The van der Waals surface area contributed by atoms with E-state index in [4.69, 9.17) is 0 Å². The molecule has 0 aromatic heterocycles. The van der Waals surface area contributed by atoms with E-state index in [9.17, 15) is 4.91 Å². The van der Waals surface area contributed by atoms with Crippen LogP contribution in [0.25, 0.3) is 0 Å². The lowest BCUT2D eigenvalue weighted by atomic mass is 9.75. The highest BCUT2D eigenvalue weighted by Crippen LogP contribution is 2.37. The topological polar surface area (TPSA) is 32.7 Å². The maximum absolute atomic E-state index is 10.6. The summed E-state index contributed by atoms with van der Waals surface area (Å²) in [7, 11) is 0. The molecule has 2 aliphatic rings. The maximum atomic E-state index is 10.6. The van der Waals surface area contributed by atoms with Crippen LogP contribution in [0.2, 0.25) is 0 Å². The second-order valence-corrected chi connectivity index (χ2v) is 4.63. The molecule has 0 aromatic rings. The first kappa shape index (κ1) is 8.97. The van der Waals surface area contributed by atoms with Crippen molar-refractivity contribution in [3.63, 3.8) is 0 Å². The molecule has 1 saturated carbocycles. The number of nitroso groups, excluding NO2 is 1. The molecule has 3 nitrogen and oxygen atoms in total. The van der Waals surface area contributed by atoms with Crippen molar-refractivity contribution in [1.29, 1.82) is 0 Å². The van der Waals surface area contributed by atoms with E-state index in [-0.39, 0.29) is 0 Å². The third kappa shape index (κ3) is 1.69. The first-order valence-electron chi connectivity index (χ1n) is 5.41. The van der Waals surface area contributed by atoms with Crippen LogP contribution >= 0.6 is 0 Å². The summed E-state index contributed by atoms with van der Waals surface area (Å²) in [6.07, 6.45) is 6.21. The number of hydrogen-bond acceptors (Lipinski definition) is 2. The largest absolute Gasteiger partial charge is 0.258 e. The summed E-state index contributed by atoms with van der Waals surface area (Å²) in [4.78, 5) is 10.6. The zero-order valence-corrected chi connectivity index (χ0v) is 8.28. The molecule has 0 bridgehead atoms. The van der Waals surface area contributed by atoms with Crippen LogP contribution in [0, 0.1) is 16.7 Å². The third-order valence-corrected chi connectivity index (χ3v) is 3.65. The van der Waals surface area contributed by atoms with Crippen LogP contribution in [-0.4, -0.2) is 17.6 Å². The van der Waals surface area contributed by atoms with Crippen molar-refractivity contribution in [3.05, 3.63) is 4.91 Å². The summed E-state index contributed by atoms with van der Waals surface area (Å²) >= 11 is 0. The average molecular weight is 182 g/mol. The molecule has 3 atom stereocenters. The highest BCUT2D eigenvalue weighted by Gasteiger charge is 2.35. The zero-order valence-electron chi connectivity index (χ0n) is 8.28. The van der Waals surface area contributed by atoms with Crippen molar-refractivity contribution in [2.24, 2.45) is 17.1 Å². The minimum atomic E-state index is 0.474. The molecule has 2 rings (SSSR count). The summed E-state index contributed by atoms with van der Waals surface area (Å²) in [5.41, 5.74) is 0.